The number of ether oxygens (including phenoxy) is 6. The molecule has 0 bridgehead atoms. The van der Waals surface area contributed by atoms with Crippen molar-refractivity contribution in [2.75, 3.05) is 26.4 Å². The summed E-state index contributed by atoms with van der Waals surface area (Å²) in [5, 5.41) is 119. The van der Waals surface area contributed by atoms with Crippen molar-refractivity contribution in [3.05, 3.63) is 0 Å². The molecule has 64 heavy (non-hydrogen) atoms. The fraction of sp³-hybridized carbons (Fsp3) is 0.978. The maximum atomic E-state index is 13.1. The van der Waals surface area contributed by atoms with Crippen LogP contribution in [-0.4, -0.2) is 193 Å². The lowest BCUT2D eigenvalue weighted by Gasteiger charge is -2.48. The molecule has 12 N–H and O–H groups in total. The van der Waals surface area contributed by atoms with Gasteiger partial charge in [0, 0.05) is 6.42 Å². The second-order valence-corrected chi connectivity index (χ2v) is 17.9. The second kappa shape index (κ2) is 31.8. The Kier molecular flexibility index (Phi) is 28.3. The van der Waals surface area contributed by atoms with Gasteiger partial charge >= 0.3 is 0 Å². The van der Waals surface area contributed by atoms with Crippen LogP contribution in [0.5, 0.6) is 0 Å². The fourth-order valence-electron chi connectivity index (χ4n) is 8.55. The first-order valence-corrected chi connectivity index (χ1v) is 24.3. The molecule has 0 aromatic carbocycles. The van der Waals surface area contributed by atoms with Gasteiger partial charge in [-0.25, -0.2) is 0 Å². The predicted molar refractivity (Wildman–Crippen MR) is 231 cm³/mol. The molecule has 0 radical (unpaired) electrons. The first-order valence-electron chi connectivity index (χ1n) is 24.3. The maximum absolute atomic E-state index is 13.1. The molecule has 0 spiro atoms. The summed E-state index contributed by atoms with van der Waals surface area (Å²) < 4.78 is 34.0. The summed E-state index contributed by atoms with van der Waals surface area (Å²) in [5.74, 6) is -0.249. The molecule has 3 aliphatic rings. The Morgan fingerprint density at radius 2 is 0.891 bits per heavy atom. The molecule has 3 aliphatic heterocycles. The van der Waals surface area contributed by atoms with Crippen molar-refractivity contribution >= 4 is 5.91 Å². The van der Waals surface area contributed by atoms with Crippen molar-refractivity contribution in [1.29, 1.82) is 0 Å². The summed E-state index contributed by atoms with van der Waals surface area (Å²) in [6, 6.07) is -0.875. The number of amides is 1. The Balaban J connectivity index is 1.54. The minimum atomic E-state index is -1.97. The van der Waals surface area contributed by atoms with Crippen LogP contribution in [0.1, 0.15) is 149 Å². The van der Waals surface area contributed by atoms with E-state index in [4.69, 9.17) is 28.4 Å². The van der Waals surface area contributed by atoms with Crippen molar-refractivity contribution in [2.45, 2.75) is 253 Å². The van der Waals surface area contributed by atoms with E-state index in [2.05, 4.69) is 19.2 Å². The van der Waals surface area contributed by atoms with E-state index < -0.39 is 124 Å². The van der Waals surface area contributed by atoms with Crippen molar-refractivity contribution in [2.24, 2.45) is 0 Å². The molecule has 3 rings (SSSR count). The van der Waals surface area contributed by atoms with Crippen molar-refractivity contribution < 1.29 is 89.4 Å². The van der Waals surface area contributed by atoms with Crippen LogP contribution in [0.15, 0.2) is 0 Å². The molecule has 0 aromatic rings. The molecule has 3 saturated heterocycles. The number of carbonyl (C=O) groups is 1. The standard InChI is InChI=1S/C45H85NO18/c1-3-5-7-9-11-12-13-14-15-16-17-19-21-23-33(51)46-28(29(50)22-20-18-10-8-6-4-2)27-59-43-39(57)36(54)41(31(25-48)61-43)64-45-40(58)37(55)42(32(26-49)62-45)63-44-38(56)35(53)34(52)30(24-47)60-44/h28-32,34-45,47-50,52-58H,3-27H2,1-2H3,(H,46,51). The summed E-state index contributed by atoms with van der Waals surface area (Å²) in [7, 11) is 0. The number of aliphatic hydroxyl groups is 11. The number of carbonyl (C=O) groups excluding carboxylic acids is 1. The van der Waals surface area contributed by atoms with Gasteiger partial charge in [-0.15, -0.1) is 0 Å². The SMILES string of the molecule is CCCCCCCCCCCCCCCC(=O)NC(COC1OC(CO)C(OC2OC(CO)C(OC3OC(CO)C(O)C(O)C3O)C(O)C2O)C(O)C1O)C(O)CCCCCCCC. The molecular weight excluding hydrogens is 842 g/mol. The molecule has 378 valence electrons. The molecule has 3 fully saturated rings. The average molecular weight is 928 g/mol. The number of unbranched alkanes of at least 4 members (excludes halogenated alkanes) is 17. The number of rotatable bonds is 33. The van der Waals surface area contributed by atoms with Crippen LogP contribution in [0.4, 0.5) is 0 Å². The van der Waals surface area contributed by atoms with Gasteiger partial charge in [0.25, 0.3) is 0 Å². The number of hydrogen-bond donors (Lipinski definition) is 12. The predicted octanol–water partition coefficient (Wildman–Crippen LogP) is 0.529. The third-order valence-corrected chi connectivity index (χ3v) is 12.7. The molecule has 0 saturated carbocycles. The molecule has 17 unspecified atom stereocenters. The number of aliphatic hydroxyl groups excluding tert-OH is 11. The minimum absolute atomic E-state index is 0.249. The molecular formula is C45H85NO18. The van der Waals surface area contributed by atoms with Gasteiger partial charge in [-0.3, -0.25) is 4.79 Å². The van der Waals surface area contributed by atoms with Gasteiger partial charge in [-0.2, -0.15) is 0 Å². The highest BCUT2D eigenvalue weighted by Gasteiger charge is 2.53. The Hall–Kier alpha value is -1.21. The lowest BCUT2D eigenvalue weighted by atomic mass is 9.96. The van der Waals surface area contributed by atoms with Crippen LogP contribution in [0, 0.1) is 0 Å². The van der Waals surface area contributed by atoms with Crippen molar-refractivity contribution in [3.8, 4) is 0 Å². The summed E-state index contributed by atoms with van der Waals surface area (Å²) >= 11 is 0. The second-order valence-electron chi connectivity index (χ2n) is 17.9. The van der Waals surface area contributed by atoms with Crippen LogP contribution in [0.3, 0.4) is 0 Å². The zero-order chi connectivity index (χ0) is 47.0. The summed E-state index contributed by atoms with van der Waals surface area (Å²) in [4.78, 5) is 13.1. The third-order valence-electron chi connectivity index (χ3n) is 12.7. The summed E-state index contributed by atoms with van der Waals surface area (Å²) in [5.41, 5.74) is 0. The zero-order valence-electron chi connectivity index (χ0n) is 38.3. The quantitative estimate of drug-likeness (QED) is 0.0400. The minimum Gasteiger partial charge on any atom is -0.394 e. The van der Waals surface area contributed by atoms with Crippen LogP contribution < -0.4 is 5.32 Å². The Labute approximate surface area is 379 Å². The lowest BCUT2D eigenvalue weighted by molar-refractivity contribution is -0.379. The van der Waals surface area contributed by atoms with Gasteiger partial charge in [0.15, 0.2) is 18.9 Å². The van der Waals surface area contributed by atoms with E-state index in [1.54, 1.807) is 0 Å². The van der Waals surface area contributed by atoms with Crippen LogP contribution in [0.2, 0.25) is 0 Å². The summed E-state index contributed by atoms with van der Waals surface area (Å²) in [6.07, 6.45) is -4.46. The molecule has 19 nitrogen and oxygen atoms in total. The maximum Gasteiger partial charge on any atom is 0.220 e. The molecule has 1 amide bonds. The van der Waals surface area contributed by atoms with E-state index in [0.717, 1.165) is 57.8 Å². The van der Waals surface area contributed by atoms with Crippen LogP contribution in [-0.2, 0) is 33.2 Å². The van der Waals surface area contributed by atoms with E-state index in [-0.39, 0.29) is 18.9 Å². The van der Waals surface area contributed by atoms with Crippen molar-refractivity contribution in [3.63, 3.8) is 0 Å². The lowest BCUT2D eigenvalue weighted by Crippen LogP contribution is -2.66. The fourth-order valence-corrected chi connectivity index (χ4v) is 8.55. The largest absolute Gasteiger partial charge is 0.394 e. The van der Waals surface area contributed by atoms with Crippen LogP contribution >= 0.6 is 0 Å². The molecule has 19 heteroatoms. The highest BCUT2D eigenvalue weighted by molar-refractivity contribution is 5.76. The average Bonchev–Trinajstić information content (AvgIpc) is 3.29. The van der Waals surface area contributed by atoms with E-state index in [9.17, 15) is 61.0 Å². The van der Waals surface area contributed by atoms with E-state index in [1.165, 1.54) is 57.8 Å². The van der Waals surface area contributed by atoms with E-state index in [1.807, 2.05) is 0 Å². The highest BCUT2D eigenvalue weighted by Crippen LogP contribution is 2.33. The van der Waals surface area contributed by atoms with E-state index >= 15 is 0 Å². The first-order chi connectivity index (χ1) is 30.8. The summed E-state index contributed by atoms with van der Waals surface area (Å²) in [6.45, 7) is 1.67. The monoisotopic (exact) mass is 928 g/mol. The Morgan fingerprint density at radius 3 is 1.36 bits per heavy atom. The Bertz CT molecular complexity index is 1200. The van der Waals surface area contributed by atoms with Crippen LogP contribution in [0.25, 0.3) is 0 Å². The molecule has 3 heterocycles. The normalized spacial score (nSPS) is 34.4. The number of hydrogen-bond acceptors (Lipinski definition) is 18. The molecule has 17 atom stereocenters. The van der Waals surface area contributed by atoms with Gasteiger partial charge in [-0.05, 0) is 12.8 Å². The van der Waals surface area contributed by atoms with Gasteiger partial charge in [0.1, 0.15) is 73.2 Å². The van der Waals surface area contributed by atoms with Gasteiger partial charge in [-0.1, -0.05) is 129 Å². The topological polar surface area (TPSA) is 307 Å². The van der Waals surface area contributed by atoms with Gasteiger partial charge < -0.3 is 89.9 Å². The van der Waals surface area contributed by atoms with E-state index in [0.29, 0.717) is 12.8 Å². The highest BCUT2D eigenvalue weighted by atomic mass is 16.8. The third kappa shape index (κ3) is 18.4. The zero-order valence-corrected chi connectivity index (χ0v) is 38.3. The van der Waals surface area contributed by atoms with Gasteiger partial charge in [0.2, 0.25) is 5.91 Å². The van der Waals surface area contributed by atoms with Gasteiger partial charge in [0.05, 0.1) is 38.6 Å². The number of nitrogens with one attached hydrogen (secondary N) is 1. The molecule has 0 aromatic heterocycles. The Morgan fingerprint density at radius 1 is 0.500 bits per heavy atom. The molecule has 0 aliphatic carbocycles. The first kappa shape index (κ1) is 57.1. The smallest absolute Gasteiger partial charge is 0.220 e. The van der Waals surface area contributed by atoms with Crippen molar-refractivity contribution in [1.82, 2.24) is 5.32 Å².